The smallest absolute Gasteiger partial charge is 0.416 e. The summed E-state index contributed by atoms with van der Waals surface area (Å²) in [6.45, 7) is 7.02. The Morgan fingerprint density at radius 3 is 2.43 bits per heavy atom. The highest BCUT2D eigenvalue weighted by Crippen LogP contribution is 2.48. The molecule has 0 atom stereocenters. The fraction of sp³-hybridized carbons (Fsp3) is 0.524. The van der Waals surface area contributed by atoms with Crippen LogP contribution in [0.15, 0.2) is 39.9 Å². The summed E-state index contributed by atoms with van der Waals surface area (Å²) >= 11 is 0. The van der Waals surface area contributed by atoms with Gasteiger partial charge in [0.05, 0.1) is 18.3 Å². The zero-order valence-corrected chi connectivity index (χ0v) is 19.9. The van der Waals surface area contributed by atoms with Crippen LogP contribution in [0.3, 0.4) is 0 Å². The lowest BCUT2D eigenvalue weighted by Gasteiger charge is -2.20. The Kier molecular flexibility index (Phi) is 7.47. The van der Waals surface area contributed by atoms with Crippen molar-refractivity contribution in [2.45, 2.75) is 57.2 Å². The standard InChI is InChI=1S/C21H27F3N4O.HI/c1-19(2,3)16-11-26-17(29-16)12-27-18(25-4)28-13-20(8-9-20)14-6-5-7-15(10-14)21(22,23)24;/h5-7,10-11H,8-9,12-13H2,1-4H3,(H2,25,27,28);1H. The van der Waals surface area contributed by atoms with Crippen molar-refractivity contribution in [3.63, 3.8) is 0 Å². The summed E-state index contributed by atoms with van der Waals surface area (Å²) in [7, 11) is 1.65. The molecule has 2 N–H and O–H groups in total. The molecule has 0 spiro atoms. The molecule has 2 aromatic rings. The van der Waals surface area contributed by atoms with Crippen molar-refractivity contribution in [3.05, 3.63) is 53.2 Å². The molecule has 9 heteroatoms. The van der Waals surface area contributed by atoms with Crippen LogP contribution in [0.1, 0.15) is 56.4 Å². The van der Waals surface area contributed by atoms with Crippen LogP contribution in [0, 0.1) is 0 Å². The highest BCUT2D eigenvalue weighted by Gasteiger charge is 2.45. The molecule has 0 amide bonds. The molecule has 1 fully saturated rings. The van der Waals surface area contributed by atoms with Gasteiger partial charge < -0.3 is 15.1 Å². The number of rotatable bonds is 5. The first-order valence-electron chi connectivity index (χ1n) is 9.61. The third kappa shape index (κ3) is 5.89. The van der Waals surface area contributed by atoms with E-state index >= 15 is 0 Å². The zero-order chi connectivity index (χ0) is 21.3. The Bertz CT molecular complexity index is 883. The third-order valence-corrected chi connectivity index (χ3v) is 5.17. The van der Waals surface area contributed by atoms with E-state index in [-0.39, 0.29) is 34.8 Å². The maximum absolute atomic E-state index is 13.0. The van der Waals surface area contributed by atoms with Crippen LogP contribution in [0.5, 0.6) is 0 Å². The van der Waals surface area contributed by atoms with Crippen LogP contribution in [-0.2, 0) is 23.6 Å². The van der Waals surface area contributed by atoms with Gasteiger partial charge in [0, 0.05) is 24.4 Å². The predicted molar refractivity (Wildman–Crippen MR) is 121 cm³/mol. The molecule has 1 aliphatic carbocycles. The van der Waals surface area contributed by atoms with Crippen molar-refractivity contribution in [2.75, 3.05) is 13.6 Å². The van der Waals surface area contributed by atoms with Crippen molar-refractivity contribution in [1.29, 1.82) is 0 Å². The van der Waals surface area contributed by atoms with Crippen LogP contribution in [0.2, 0.25) is 0 Å². The Morgan fingerprint density at radius 1 is 1.20 bits per heavy atom. The van der Waals surface area contributed by atoms with Gasteiger partial charge in [-0.1, -0.05) is 39.0 Å². The Morgan fingerprint density at radius 2 is 1.90 bits per heavy atom. The van der Waals surface area contributed by atoms with Gasteiger partial charge in [0.25, 0.3) is 0 Å². The molecule has 1 aromatic heterocycles. The van der Waals surface area contributed by atoms with Crippen molar-refractivity contribution in [3.8, 4) is 0 Å². The molecule has 1 saturated carbocycles. The summed E-state index contributed by atoms with van der Waals surface area (Å²) in [5.41, 5.74) is -0.310. The van der Waals surface area contributed by atoms with E-state index < -0.39 is 11.7 Å². The van der Waals surface area contributed by atoms with Crippen molar-refractivity contribution >= 4 is 29.9 Å². The topological polar surface area (TPSA) is 62.5 Å². The van der Waals surface area contributed by atoms with Crippen LogP contribution in [0.25, 0.3) is 0 Å². The first-order chi connectivity index (χ1) is 13.5. The van der Waals surface area contributed by atoms with Crippen LogP contribution in [-0.4, -0.2) is 24.5 Å². The molecule has 0 saturated heterocycles. The number of guanidine groups is 1. The van der Waals surface area contributed by atoms with E-state index in [4.69, 9.17) is 4.42 Å². The number of aromatic nitrogens is 1. The average molecular weight is 536 g/mol. The minimum absolute atomic E-state index is 0. The number of nitrogens with zero attached hydrogens (tertiary/aromatic N) is 2. The van der Waals surface area contributed by atoms with Crippen molar-refractivity contribution in [1.82, 2.24) is 15.6 Å². The van der Waals surface area contributed by atoms with Gasteiger partial charge in [0.15, 0.2) is 5.96 Å². The van der Waals surface area contributed by atoms with Crippen molar-refractivity contribution < 1.29 is 17.6 Å². The molecular weight excluding hydrogens is 508 g/mol. The molecule has 0 unspecified atom stereocenters. The molecule has 1 aromatic carbocycles. The SMILES string of the molecule is CN=C(NCc1ncc(C(C)(C)C)o1)NCC1(c2cccc(C(F)(F)F)c2)CC1.I. The van der Waals surface area contributed by atoms with Gasteiger partial charge in [-0.3, -0.25) is 4.99 Å². The largest absolute Gasteiger partial charge is 0.443 e. The minimum Gasteiger partial charge on any atom is -0.443 e. The maximum Gasteiger partial charge on any atom is 0.416 e. The van der Waals surface area contributed by atoms with Gasteiger partial charge in [0.1, 0.15) is 5.76 Å². The number of aliphatic imine (C=N–C) groups is 1. The minimum atomic E-state index is -4.33. The summed E-state index contributed by atoms with van der Waals surface area (Å²) in [4.78, 5) is 8.46. The van der Waals surface area contributed by atoms with E-state index in [1.165, 1.54) is 12.1 Å². The number of hydrogen-bond acceptors (Lipinski definition) is 3. The molecule has 166 valence electrons. The molecule has 0 radical (unpaired) electrons. The lowest BCUT2D eigenvalue weighted by Crippen LogP contribution is -2.41. The van der Waals surface area contributed by atoms with Gasteiger partial charge in [-0.15, -0.1) is 24.0 Å². The number of benzene rings is 1. The van der Waals surface area contributed by atoms with Crippen LogP contribution < -0.4 is 10.6 Å². The fourth-order valence-corrected chi connectivity index (χ4v) is 3.12. The molecule has 0 bridgehead atoms. The van der Waals surface area contributed by atoms with Crippen LogP contribution in [0.4, 0.5) is 13.2 Å². The van der Waals surface area contributed by atoms with Gasteiger partial charge in [0.2, 0.25) is 5.89 Å². The number of oxazole rings is 1. The third-order valence-electron chi connectivity index (χ3n) is 5.17. The van der Waals surface area contributed by atoms with Gasteiger partial charge in [-0.2, -0.15) is 13.2 Å². The Balaban J connectivity index is 0.00000320. The number of alkyl halides is 3. The summed E-state index contributed by atoms with van der Waals surface area (Å²) in [6, 6.07) is 5.60. The molecule has 1 aliphatic rings. The van der Waals surface area contributed by atoms with E-state index in [9.17, 15) is 13.2 Å². The number of hydrogen-bond donors (Lipinski definition) is 2. The maximum atomic E-state index is 13.0. The van der Waals surface area contributed by atoms with E-state index in [2.05, 4.69) is 20.6 Å². The lowest BCUT2D eigenvalue weighted by atomic mass is 9.94. The number of nitrogens with one attached hydrogen (secondary N) is 2. The van der Waals surface area contributed by atoms with E-state index in [1.54, 1.807) is 19.3 Å². The Labute approximate surface area is 192 Å². The second-order valence-electron chi connectivity index (χ2n) is 8.51. The first-order valence-corrected chi connectivity index (χ1v) is 9.61. The van der Waals surface area contributed by atoms with E-state index in [0.717, 1.165) is 24.7 Å². The quantitative estimate of drug-likeness (QED) is 0.321. The summed E-state index contributed by atoms with van der Waals surface area (Å²) in [5.74, 6) is 1.91. The first kappa shape index (κ1) is 24.5. The molecule has 0 aliphatic heterocycles. The van der Waals surface area contributed by atoms with Gasteiger partial charge >= 0.3 is 6.18 Å². The summed E-state index contributed by atoms with van der Waals surface area (Å²) in [5, 5.41) is 6.36. The molecule has 5 nitrogen and oxygen atoms in total. The highest BCUT2D eigenvalue weighted by atomic mass is 127. The molecule has 30 heavy (non-hydrogen) atoms. The normalized spacial score (nSPS) is 16.0. The zero-order valence-electron chi connectivity index (χ0n) is 17.6. The van der Waals surface area contributed by atoms with Gasteiger partial charge in [-0.25, -0.2) is 4.98 Å². The molecular formula is C21H28F3IN4O. The highest BCUT2D eigenvalue weighted by molar-refractivity contribution is 14.0. The second kappa shape index (κ2) is 9.15. The Hall–Kier alpha value is -1.78. The second-order valence-corrected chi connectivity index (χ2v) is 8.51. The lowest BCUT2D eigenvalue weighted by molar-refractivity contribution is -0.137. The van der Waals surface area contributed by atoms with Gasteiger partial charge in [-0.05, 0) is 24.5 Å². The van der Waals surface area contributed by atoms with E-state index in [1.807, 2.05) is 20.8 Å². The molecule has 1 heterocycles. The monoisotopic (exact) mass is 536 g/mol. The fourth-order valence-electron chi connectivity index (χ4n) is 3.12. The van der Waals surface area contributed by atoms with Crippen LogP contribution >= 0.6 is 24.0 Å². The predicted octanol–water partition coefficient (Wildman–Crippen LogP) is 5.01. The summed E-state index contributed by atoms with van der Waals surface area (Å²) < 4.78 is 44.8. The summed E-state index contributed by atoms with van der Waals surface area (Å²) in [6.07, 6.45) is -0.931. The van der Waals surface area contributed by atoms with Crippen molar-refractivity contribution in [2.24, 2.45) is 4.99 Å². The molecule has 3 rings (SSSR count). The van der Waals surface area contributed by atoms with E-state index in [0.29, 0.717) is 30.5 Å². The average Bonchev–Trinajstić information content (AvgIpc) is 3.28. The number of halogens is 4.